The van der Waals surface area contributed by atoms with Crippen molar-refractivity contribution in [3.63, 3.8) is 0 Å². The molecule has 152 valence electrons. The molecule has 0 aliphatic rings. The van der Waals surface area contributed by atoms with Crippen LogP contribution in [-0.4, -0.2) is 28.9 Å². The number of carbonyl (C=O) groups is 1. The van der Waals surface area contributed by atoms with Crippen molar-refractivity contribution in [2.24, 2.45) is 0 Å². The molecule has 1 aromatic carbocycles. The van der Waals surface area contributed by atoms with Gasteiger partial charge in [0.25, 0.3) is 0 Å². The number of rotatable bonds is 3. The Kier molecular flexibility index (Phi) is 5.56. The number of alkyl halides is 10. The van der Waals surface area contributed by atoms with Gasteiger partial charge in [-0.25, -0.2) is 13.2 Å². The molecule has 0 saturated carbocycles. The molecule has 0 aliphatic heterocycles. The zero-order valence-electron chi connectivity index (χ0n) is 12.1. The predicted molar refractivity (Wildman–Crippen MR) is 62.9 cm³/mol. The third-order valence-corrected chi connectivity index (χ3v) is 3.03. The molecular formula is C13H4F12O2. The van der Waals surface area contributed by atoms with E-state index in [1.807, 2.05) is 0 Å². The summed E-state index contributed by atoms with van der Waals surface area (Å²) >= 11 is 0. The van der Waals surface area contributed by atoms with E-state index in [0.717, 1.165) is 0 Å². The maximum Gasteiger partial charge on any atom is 0.439 e. The fourth-order valence-corrected chi connectivity index (χ4v) is 1.73. The number of aliphatic hydroxyl groups excluding tert-OH is 1. The maximum atomic E-state index is 13.4. The van der Waals surface area contributed by atoms with Gasteiger partial charge in [-0.05, 0) is 12.1 Å². The molecule has 1 rings (SSSR count). The zero-order chi connectivity index (χ0) is 21.6. The van der Waals surface area contributed by atoms with E-state index in [9.17, 15) is 62.6 Å². The van der Waals surface area contributed by atoms with Gasteiger partial charge in [-0.3, -0.25) is 4.79 Å². The van der Waals surface area contributed by atoms with Gasteiger partial charge in [0.1, 0.15) is 5.76 Å². The highest BCUT2D eigenvalue weighted by molar-refractivity contribution is 6.02. The minimum absolute atomic E-state index is 0.446. The average Bonchev–Trinajstić information content (AvgIpc) is 2.44. The molecule has 0 atom stereocenters. The van der Waals surface area contributed by atoms with Gasteiger partial charge in [-0.1, -0.05) is 0 Å². The Labute approximate surface area is 140 Å². The summed E-state index contributed by atoms with van der Waals surface area (Å²) in [6, 6.07) is -1.02. The molecule has 0 radical (unpaired) electrons. The number of aliphatic hydroxyl groups is 1. The minimum atomic E-state index is -6.89. The highest BCUT2D eigenvalue weighted by atomic mass is 19.4. The summed E-state index contributed by atoms with van der Waals surface area (Å²) in [5.74, 6) is -10.1. The first kappa shape index (κ1) is 22.6. The molecule has 2 nitrogen and oxygen atoms in total. The topological polar surface area (TPSA) is 37.3 Å². The number of ketones is 1. The van der Waals surface area contributed by atoms with Crippen molar-refractivity contribution in [3.8, 4) is 0 Å². The van der Waals surface area contributed by atoms with Gasteiger partial charge in [-0.2, -0.15) is 39.5 Å². The van der Waals surface area contributed by atoms with Gasteiger partial charge in [-0.15, -0.1) is 0 Å². The third-order valence-electron chi connectivity index (χ3n) is 3.03. The van der Waals surface area contributed by atoms with Gasteiger partial charge in [0.2, 0.25) is 5.78 Å². The van der Waals surface area contributed by atoms with Crippen molar-refractivity contribution < 1.29 is 62.6 Å². The van der Waals surface area contributed by atoms with Crippen LogP contribution in [0.25, 0.3) is 5.76 Å². The molecule has 0 amide bonds. The average molecular weight is 420 g/mol. The molecule has 0 fully saturated rings. The normalized spacial score (nSPS) is 14.4. The fraction of sp³-hybridized carbons (Fsp3) is 0.308. The highest BCUT2D eigenvalue weighted by Gasteiger charge is 2.76. The number of allylic oxidation sites excluding steroid dienone is 1. The standard InChI is InChI=1S/C13H4F12O2/c14-6-1-4(5(2-7(6)15)11(17,18)19)8(26)3-9(27)10(16,12(20,21)22)13(23,24)25/h1-3,26H/b8-3-. The molecule has 0 spiro atoms. The summed E-state index contributed by atoms with van der Waals surface area (Å²) in [6.07, 6.45) is -20.5. The van der Waals surface area contributed by atoms with E-state index in [2.05, 4.69) is 0 Å². The Balaban J connectivity index is 3.62. The first-order chi connectivity index (χ1) is 11.8. The fourth-order valence-electron chi connectivity index (χ4n) is 1.73. The van der Waals surface area contributed by atoms with Crippen LogP contribution in [0.1, 0.15) is 11.1 Å². The molecule has 0 saturated heterocycles. The van der Waals surface area contributed by atoms with Crippen molar-refractivity contribution >= 4 is 11.5 Å². The molecule has 0 bridgehead atoms. The van der Waals surface area contributed by atoms with E-state index >= 15 is 0 Å². The lowest BCUT2D eigenvalue weighted by atomic mass is 9.96. The van der Waals surface area contributed by atoms with Gasteiger partial charge in [0, 0.05) is 11.6 Å². The van der Waals surface area contributed by atoms with Gasteiger partial charge in [0.15, 0.2) is 11.6 Å². The maximum absolute atomic E-state index is 13.4. The summed E-state index contributed by atoms with van der Waals surface area (Å²) in [5.41, 5.74) is -10.7. The molecule has 1 N–H and O–H groups in total. The number of hydrogen-bond donors (Lipinski definition) is 1. The summed E-state index contributed by atoms with van der Waals surface area (Å²) in [5, 5.41) is 9.30. The lowest BCUT2D eigenvalue weighted by Gasteiger charge is -2.27. The molecule has 0 aromatic heterocycles. The van der Waals surface area contributed by atoms with Gasteiger partial charge in [0.05, 0.1) is 5.56 Å². The Morgan fingerprint density at radius 3 is 1.59 bits per heavy atom. The lowest BCUT2D eigenvalue weighted by Crippen LogP contribution is -2.58. The Morgan fingerprint density at radius 2 is 1.22 bits per heavy atom. The van der Waals surface area contributed by atoms with E-state index in [1.54, 1.807) is 0 Å². The second-order valence-electron chi connectivity index (χ2n) is 4.86. The Bertz CT molecular complexity index is 755. The van der Waals surface area contributed by atoms with Crippen molar-refractivity contribution in [2.75, 3.05) is 0 Å². The zero-order valence-corrected chi connectivity index (χ0v) is 12.1. The first-order valence-electron chi connectivity index (χ1n) is 6.18. The summed E-state index contributed by atoms with van der Waals surface area (Å²) in [7, 11) is 0. The van der Waals surface area contributed by atoms with Crippen molar-refractivity contribution in [1.82, 2.24) is 0 Å². The van der Waals surface area contributed by atoms with Crippen LogP contribution >= 0.6 is 0 Å². The number of hydrogen-bond acceptors (Lipinski definition) is 2. The molecule has 27 heavy (non-hydrogen) atoms. The number of benzene rings is 1. The summed E-state index contributed by atoms with van der Waals surface area (Å²) < 4.78 is 152. The van der Waals surface area contributed by atoms with Crippen LogP contribution in [0.15, 0.2) is 18.2 Å². The number of carbonyl (C=O) groups excluding carboxylic acids is 1. The SMILES string of the molecule is O=C(/C=C(\O)c1cc(F)c(F)cc1C(F)(F)F)C(F)(C(F)(F)F)C(F)(F)F. The molecule has 0 unspecified atom stereocenters. The molecule has 0 heterocycles. The summed E-state index contributed by atoms with van der Waals surface area (Å²) in [6.45, 7) is 0. The molecular weight excluding hydrogens is 416 g/mol. The van der Waals surface area contributed by atoms with Crippen LogP contribution in [0.2, 0.25) is 0 Å². The Morgan fingerprint density at radius 1 is 0.815 bits per heavy atom. The van der Waals surface area contributed by atoms with Crippen molar-refractivity contribution in [2.45, 2.75) is 24.2 Å². The number of halogens is 12. The molecule has 1 aromatic rings. The van der Waals surface area contributed by atoms with E-state index < -0.39 is 76.7 Å². The largest absolute Gasteiger partial charge is 0.507 e. The van der Waals surface area contributed by atoms with E-state index in [4.69, 9.17) is 0 Å². The van der Waals surface area contributed by atoms with Crippen LogP contribution < -0.4 is 0 Å². The van der Waals surface area contributed by atoms with Crippen molar-refractivity contribution in [1.29, 1.82) is 0 Å². The first-order valence-corrected chi connectivity index (χ1v) is 6.18. The molecule has 0 aliphatic carbocycles. The lowest BCUT2D eigenvalue weighted by molar-refractivity contribution is -0.323. The van der Waals surface area contributed by atoms with E-state index in [-0.39, 0.29) is 0 Å². The van der Waals surface area contributed by atoms with E-state index in [0.29, 0.717) is 0 Å². The van der Waals surface area contributed by atoms with E-state index in [1.165, 1.54) is 0 Å². The van der Waals surface area contributed by atoms with Gasteiger partial charge < -0.3 is 5.11 Å². The minimum Gasteiger partial charge on any atom is -0.507 e. The summed E-state index contributed by atoms with van der Waals surface area (Å²) in [4.78, 5) is 11.2. The molecule has 14 heteroatoms. The van der Waals surface area contributed by atoms with Gasteiger partial charge >= 0.3 is 24.2 Å². The van der Waals surface area contributed by atoms with Crippen LogP contribution in [0, 0.1) is 11.6 Å². The van der Waals surface area contributed by atoms with Crippen LogP contribution in [0.4, 0.5) is 52.7 Å². The highest BCUT2D eigenvalue weighted by Crippen LogP contribution is 2.47. The monoisotopic (exact) mass is 420 g/mol. The van der Waals surface area contributed by atoms with Crippen LogP contribution in [0.3, 0.4) is 0 Å². The third kappa shape index (κ3) is 4.13. The van der Waals surface area contributed by atoms with Crippen LogP contribution in [-0.2, 0) is 11.0 Å². The second kappa shape index (κ2) is 6.64. The quantitative estimate of drug-likeness (QED) is 0.410. The van der Waals surface area contributed by atoms with Crippen molar-refractivity contribution in [3.05, 3.63) is 41.0 Å². The predicted octanol–water partition coefficient (Wildman–Crippen LogP) is 5.28. The van der Waals surface area contributed by atoms with Crippen LogP contribution in [0.5, 0.6) is 0 Å². The second-order valence-corrected chi connectivity index (χ2v) is 4.86. The smallest absolute Gasteiger partial charge is 0.439 e. The Hall–Kier alpha value is -2.41.